The second kappa shape index (κ2) is 3.53. The summed E-state index contributed by atoms with van der Waals surface area (Å²) in [4.78, 5) is 14.2. The Morgan fingerprint density at radius 2 is 1.91 bits per heavy atom. The van der Waals surface area contributed by atoms with E-state index in [1.54, 1.807) is 13.0 Å². The maximum atomic E-state index is 10.6. The van der Waals surface area contributed by atoms with E-state index >= 15 is 0 Å². The first-order chi connectivity index (χ1) is 4.87. The summed E-state index contributed by atoms with van der Waals surface area (Å²) in [5.41, 5.74) is 0.346. The molecule has 0 radical (unpaired) electrons. The standard InChI is InChI=1S/C8H14O3/c1-6(7(9)11-10)5-8(2,3)4/h5,10H,1-4H3. The molecule has 0 saturated carbocycles. The van der Waals surface area contributed by atoms with Crippen LogP contribution in [-0.4, -0.2) is 11.2 Å². The third kappa shape index (κ3) is 4.56. The van der Waals surface area contributed by atoms with Gasteiger partial charge in [-0.1, -0.05) is 26.8 Å². The number of carbonyl (C=O) groups excluding carboxylic acids is 1. The molecule has 0 aliphatic rings. The molecule has 0 rings (SSSR count). The molecule has 11 heavy (non-hydrogen) atoms. The molecule has 0 bridgehead atoms. The maximum absolute atomic E-state index is 10.6. The number of rotatable bonds is 1. The quantitative estimate of drug-likeness (QED) is 0.360. The van der Waals surface area contributed by atoms with Crippen molar-refractivity contribution < 1.29 is 14.9 Å². The molecule has 0 aliphatic carbocycles. The van der Waals surface area contributed by atoms with E-state index in [2.05, 4.69) is 4.89 Å². The minimum atomic E-state index is -0.695. The third-order valence-corrected chi connectivity index (χ3v) is 1.05. The average molecular weight is 158 g/mol. The fraction of sp³-hybridized carbons (Fsp3) is 0.625. The Hall–Kier alpha value is -0.830. The van der Waals surface area contributed by atoms with E-state index in [4.69, 9.17) is 5.26 Å². The second-order valence-electron chi connectivity index (χ2n) is 3.57. The van der Waals surface area contributed by atoms with Gasteiger partial charge in [0.25, 0.3) is 0 Å². The predicted octanol–water partition coefficient (Wildman–Crippen LogP) is 2.00. The van der Waals surface area contributed by atoms with Crippen molar-refractivity contribution in [1.29, 1.82) is 0 Å². The zero-order valence-corrected chi connectivity index (χ0v) is 7.34. The normalized spacial score (nSPS) is 13.0. The molecule has 0 saturated heterocycles. The van der Waals surface area contributed by atoms with Gasteiger partial charge in [0.05, 0.1) is 0 Å². The molecule has 0 aromatic carbocycles. The van der Waals surface area contributed by atoms with Crippen LogP contribution in [0.5, 0.6) is 0 Å². The largest absolute Gasteiger partial charge is 0.368 e. The van der Waals surface area contributed by atoms with E-state index in [0.717, 1.165) is 0 Å². The van der Waals surface area contributed by atoms with Gasteiger partial charge in [-0.15, -0.1) is 0 Å². The van der Waals surface area contributed by atoms with E-state index in [1.165, 1.54) is 0 Å². The highest BCUT2D eigenvalue weighted by molar-refractivity contribution is 5.87. The van der Waals surface area contributed by atoms with Gasteiger partial charge in [-0.25, -0.2) is 4.79 Å². The highest BCUT2D eigenvalue weighted by atomic mass is 17.1. The van der Waals surface area contributed by atoms with Gasteiger partial charge in [0.15, 0.2) is 0 Å². The number of carbonyl (C=O) groups is 1. The predicted molar refractivity (Wildman–Crippen MR) is 41.9 cm³/mol. The minimum absolute atomic E-state index is 0.0712. The molecular weight excluding hydrogens is 144 g/mol. The summed E-state index contributed by atoms with van der Waals surface area (Å²) in [5, 5.41) is 8.01. The zero-order chi connectivity index (χ0) is 9.07. The molecule has 0 unspecified atom stereocenters. The van der Waals surface area contributed by atoms with Crippen molar-refractivity contribution in [1.82, 2.24) is 0 Å². The van der Waals surface area contributed by atoms with Crippen LogP contribution in [0.2, 0.25) is 0 Å². The van der Waals surface area contributed by atoms with Crippen molar-refractivity contribution in [2.75, 3.05) is 0 Å². The van der Waals surface area contributed by atoms with Crippen LogP contribution >= 0.6 is 0 Å². The van der Waals surface area contributed by atoms with Crippen LogP contribution in [0, 0.1) is 5.41 Å². The molecule has 3 nitrogen and oxygen atoms in total. The Morgan fingerprint density at radius 1 is 1.45 bits per heavy atom. The first kappa shape index (κ1) is 10.2. The Morgan fingerprint density at radius 3 is 2.18 bits per heavy atom. The van der Waals surface area contributed by atoms with Crippen molar-refractivity contribution >= 4 is 5.97 Å². The Balaban J connectivity index is 4.34. The molecule has 0 amide bonds. The molecular formula is C8H14O3. The summed E-state index contributed by atoms with van der Waals surface area (Å²) in [6.45, 7) is 7.48. The van der Waals surface area contributed by atoms with E-state index in [1.807, 2.05) is 20.8 Å². The van der Waals surface area contributed by atoms with Crippen LogP contribution in [0.4, 0.5) is 0 Å². The van der Waals surface area contributed by atoms with Crippen molar-refractivity contribution in [3.05, 3.63) is 11.6 Å². The molecule has 0 atom stereocenters. The lowest BCUT2D eigenvalue weighted by molar-refractivity contribution is -0.229. The lowest BCUT2D eigenvalue weighted by atomic mass is 9.94. The Kier molecular flexibility index (Phi) is 3.26. The summed E-state index contributed by atoms with van der Waals surface area (Å²) >= 11 is 0. The van der Waals surface area contributed by atoms with Gasteiger partial charge in [-0.3, -0.25) is 4.89 Å². The molecule has 1 N–H and O–H groups in total. The molecule has 0 spiro atoms. The fourth-order valence-corrected chi connectivity index (χ4v) is 0.780. The molecule has 3 heteroatoms. The molecule has 0 fully saturated rings. The van der Waals surface area contributed by atoms with Gasteiger partial charge in [0, 0.05) is 5.57 Å². The van der Waals surface area contributed by atoms with Crippen LogP contribution in [-0.2, 0) is 9.68 Å². The molecule has 0 heterocycles. The number of hydrogen-bond acceptors (Lipinski definition) is 3. The summed E-state index contributed by atoms with van der Waals surface area (Å²) in [7, 11) is 0. The van der Waals surface area contributed by atoms with E-state index in [9.17, 15) is 4.79 Å². The smallest absolute Gasteiger partial charge is 0.296 e. The highest BCUT2D eigenvalue weighted by Gasteiger charge is 2.11. The topological polar surface area (TPSA) is 46.5 Å². The van der Waals surface area contributed by atoms with Gasteiger partial charge < -0.3 is 0 Å². The van der Waals surface area contributed by atoms with Crippen molar-refractivity contribution in [2.24, 2.45) is 5.41 Å². The van der Waals surface area contributed by atoms with E-state index in [-0.39, 0.29) is 5.41 Å². The summed E-state index contributed by atoms with van der Waals surface area (Å²) in [6, 6.07) is 0. The number of hydrogen-bond donors (Lipinski definition) is 1. The summed E-state index contributed by atoms with van der Waals surface area (Å²) in [6.07, 6.45) is 1.74. The van der Waals surface area contributed by atoms with Gasteiger partial charge in [0.1, 0.15) is 0 Å². The van der Waals surface area contributed by atoms with Gasteiger partial charge >= 0.3 is 5.97 Å². The summed E-state index contributed by atoms with van der Waals surface area (Å²) in [5.74, 6) is -0.695. The van der Waals surface area contributed by atoms with Gasteiger partial charge in [-0.2, -0.15) is 5.26 Å². The average Bonchev–Trinajstić information content (AvgIpc) is 1.82. The molecule has 0 aromatic heterocycles. The van der Waals surface area contributed by atoms with E-state index in [0.29, 0.717) is 5.57 Å². The van der Waals surface area contributed by atoms with Crippen LogP contribution in [0.3, 0.4) is 0 Å². The van der Waals surface area contributed by atoms with Crippen molar-refractivity contribution in [3.63, 3.8) is 0 Å². The minimum Gasteiger partial charge on any atom is -0.296 e. The molecule has 64 valence electrons. The number of allylic oxidation sites excluding steroid dienone is 1. The SMILES string of the molecule is CC(=CC(C)(C)C)C(=O)OO. The van der Waals surface area contributed by atoms with Crippen molar-refractivity contribution in [3.8, 4) is 0 Å². The maximum Gasteiger partial charge on any atom is 0.368 e. The third-order valence-electron chi connectivity index (χ3n) is 1.05. The Labute approximate surface area is 66.6 Å². The lowest BCUT2D eigenvalue weighted by Gasteiger charge is -2.12. The van der Waals surface area contributed by atoms with E-state index < -0.39 is 5.97 Å². The van der Waals surface area contributed by atoms with Crippen LogP contribution in [0.1, 0.15) is 27.7 Å². The first-order valence-corrected chi connectivity index (χ1v) is 3.42. The highest BCUT2D eigenvalue weighted by Crippen LogP contribution is 2.17. The molecule has 0 aromatic rings. The van der Waals surface area contributed by atoms with Crippen LogP contribution < -0.4 is 0 Å². The first-order valence-electron chi connectivity index (χ1n) is 3.42. The van der Waals surface area contributed by atoms with Crippen LogP contribution in [0.25, 0.3) is 0 Å². The summed E-state index contributed by atoms with van der Waals surface area (Å²) < 4.78 is 0. The van der Waals surface area contributed by atoms with Gasteiger partial charge in [0.2, 0.25) is 0 Å². The zero-order valence-electron chi connectivity index (χ0n) is 7.34. The molecule has 0 aliphatic heterocycles. The lowest BCUT2D eigenvalue weighted by Crippen LogP contribution is -2.07. The fourth-order valence-electron chi connectivity index (χ4n) is 0.780. The Bertz CT molecular complexity index is 174. The van der Waals surface area contributed by atoms with Crippen molar-refractivity contribution in [2.45, 2.75) is 27.7 Å². The monoisotopic (exact) mass is 158 g/mol. The van der Waals surface area contributed by atoms with Gasteiger partial charge in [-0.05, 0) is 12.3 Å². The van der Waals surface area contributed by atoms with Crippen LogP contribution in [0.15, 0.2) is 11.6 Å². The second-order valence-corrected chi connectivity index (χ2v) is 3.57.